The lowest BCUT2D eigenvalue weighted by Gasteiger charge is -2.27. The Hall–Kier alpha value is -1.41. The molecule has 0 spiro atoms. The molecule has 0 amide bonds. The average molecular weight is 356 g/mol. The van der Waals surface area contributed by atoms with E-state index >= 15 is 0 Å². The number of esters is 1. The number of hydrogen-bond acceptors (Lipinski definition) is 7. The Balaban J connectivity index is 2.78. The summed E-state index contributed by atoms with van der Waals surface area (Å²) in [6.45, 7) is 6.88. The minimum atomic E-state index is -1.23. The third-order valence-electron chi connectivity index (χ3n) is 3.34. The smallest absolute Gasteiger partial charge is 0.333 e. The van der Waals surface area contributed by atoms with Crippen LogP contribution in [0.5, 0.6) is 0 Å². The molecule has 1 unspecified atom stereocenters. The second-order valence-electron chi connectivity index (χ2n) is 5.59. The van der Waals surface area contributed by atoms with Gasteiger partial charge in [0.25, 0.3) is 0 Å². The van der Waals surface area contributed by atoms with Crippen LogP contribution in [0.4, 0.5) is 0 Å². The van der Waals surface area contributed by atoms with Crippen LogP contribution in [-0.2, 0) is 23.5 Å². The van der Waals surface area contributed by atoms with Gasteiger partial charge in [0.05, 0.1) is 25.3 Å². The van der Waals surface area contributed by atoms with Gasteiger partial charge in [0, 0.05) is 10.5 Å². The molecule has 1 rings (SSSR count). The minimum absolute atomic E-state index is 0.0829. The number of carbonyl (C=O) groups excluding carboxylic acids is 2. The fourth-order valence-corrected chi connectivity index (χ4v) is 2.23. The third kappa shape index (κ3) is 6.24. The van der Waals surface area contributed by atoms with Gasteiger partial charge < -0.3 is 9.47 Å². The van der Waals surface area contributed by atoms with E-state index in [0.29, 0.717) is 12.0 Å². The molecule has 0 N–H and O–H groups in total. The summed E-state index contributed by atoms with van der Waals surface area (Å²) in [6, 6.07) is 6.79. The summed E-state index contributed by atoms with van der Waals surface area (Å²) in [7, 11) is 1.41. The Labute approximate surface area is 146 Å². The maximum Gasteiger partial charge on any atom is 0.333 e. The van der Waals surface area contributed by atoms with Crippen molar-refractivity contribution in [2.45, 2.75) is 50.7 Å². The van der Waals surface area contributed by atoms with E-state index in [1.54, 1.807) is 38.1 Å². The van der Waals surface area contributed by atoms with Gasteiger partial charge >= 0.3 is 5.97 Å². The summed E-state index contributed by atoms with van der Waals surface area (Å²) in [4.78, 5) is 29.9. The molecule has 0 aliphatic heterocycles. The maximum atomic E-state index is 12.7. The fraction of sp³-hybridized carbons (Fsp3) is 0.529. The Kier molecular flexibility index (Phi) is 8.41. The number of ether oxygens (including phenoxy) is 2. The molecule has 0 saturated heterocycles. The maximum absolute atomic E-state index is 12.7. The number of hydrogen-bond donors (Lipinski definition) is 0. The summed E-state index contributed by atoms with van der Waals surface area (Å²) >= 11 is 1.04. The first-order chi connectivity index (χ1) is 11.3. The van der Waals surface area contributed by atoms with Crippen molar-refractivity contribution in [2.24, 2.45) is 0 Å². The van der Waals surface area contributed by atoms with Crippen LogP contribution in [-0.4, -0.2) is 37.2 Å². The lowest BCUT2D eigenvalue weighted by Crippen LogP contribution is -2.41. The predicted octanol–water partition coefficient (Wildman–Crippen LogP) is 3.59. The van der Waals surface area contributed by atoms with Gasteiger partial charge in [-0.05, 0) is 39.3 Å². The van der Waals surface area contributed by atoms with Crippen molar-refractivity contribution >= 4 is 23.8 Å². The van der Waals surface area contributed by atoms with Crippen molar-refractivity contribution in [3.63, 3.8) is 0 Å². The molecule has 0 aromatic heterocycles. The minimum Gasteiger partial charge on any atom is -0.449 e. The van der Waals surface area contributed by atoms with Crippen LogP contribution >= 0.6 is 12.0 Å². The molecule has 0 saturated carbocycles. The van der Waals surface area contributed by atoms with Gasteiger partial charge in [-0.2, -0.15) is 4.33 Å². The van der Waals surface area contributed by atoms with Gasteiger partial charge in [0.1, 0.15) is 6.61 Å². The van der Waals surface area contributed by atoms with Crippen molar-refractivity contribution in [1.82, 2.24) is 0 Å². The van der Waals surface area contributed by atoms with Crippen molar-refractivity contribution in [3.05, 3.63) is 29.8 Å². The molecular weight excluding hydrogens is 332 g/mol. The van der Waals surface area contributed by atoms with Crippen LogP contribution in [0, 0.1) is 0 Å². The Morgan fingerprint density at radius 3 is 2.33 bits per heavy atom. The SMILES string of the molecule is CCC(C)(OC(=O)COC(C)C)C(=O)c1ccc(SOOC)cc1. The molecule has 6 nitrogen and oxygen atoms in total. The first-order valence-corrected chi connectivity index (χ1v) is 8.42. The van der Waals surface area contributed by atoms with E-state index in [1.807, 2.05) is 13.8 Å². The molecule has 7 heteroatoms. The zero-order valence-corrected chi connectivity index (χ0v) is 15.5. The highest BCUT2D eigenvalue weighted by Crippen LogP contribution is 2.25. The lowest BCUT2D eigenvalue weighted by molar-refractivity contribution is -0.161. The van der Waals surface area contributed by atoms with E-state index in [9.17, 15) is 9.59 Å². The first kappa shape index (κ1) is 20.6. The van der Waals surface area contributed by atoms with Crippen LogP contribution in [0.3, 0.4) is 0 Å². The molecule has 1 atom stereocenters. The standard InChI is InChI=1S/C17H24O6S/c1-6-17(4,22-15(18)11-21-12(2)3)16(19)13-7-9-14(10-8-13)24-23-20-5/h7-10,12H,6,11H2,1-5H3. The number of ketones is 1. The highest BCUT2D eigenvalue weighted by Gasteiger charge is 2.36. The summed E-state index contributed by atoms with van der Waals surface area (Å²) < 4.78 is 15.4. The predicted molar refractivity (Wildman–Crippen MR) is 90.6 cm³/mol. The van der Waals surface area contributed by atoms with E-state index < -0.39 is 11.6 Å². The summed E-state index contributed by atoms with van der Waals surface area (Å²) in [5.74, 6) is -0.811. The zero-order chi connectivity index (χ0) is 18.2. The molecule has 0 aliphatic carbocycles. The molecule has 1 aromatic carbocycles. The average Bonchev–Trinajstić information content (AvgIpc) is 2.57. The number of benzene rings is 1. The highest BCUT2D eigenvalue weighted by atomic mass is 32.2. The number of carbonyl (C=O) groups is 2. The monoisotopic (exact) mass is 356 g/mol. The number of rotatable bonds is 10. The Morgan fingerprint density at radius 1 is 1.21 bits per heavy atom. The molecule has 0 fully saturated rings. The molecule has 1 aromatic rings. The van der Waals surface area contributed by atoms with Crippen LogP contribution in [0.1, 0.15) is 44.5 Å². The highest BCUT2D eigenvalue weighted by molar-refractivity contribution is 7.94. The molecule has 24 heavy (non-hydrogen) atoms. The Bertz CT molecular complexity index is 543. The van der Waals surface area contributed by atoms with E-state index in [-0.39, 0.29) is 18.5 Å². The van der Waals surface area contributed by atoms with E-state index in [0.717, 1.165) is 16.9 Å². The first-order valence-electron chi connectivity index (χ1n) is 7.68. The van der Waals surface area contributed by atoms with Gasteiger partial charge in [-0.25, -0.2) is 9.68 Å². The zero-order valence-electron chi connectivity index (χ0n) is 14.7. The number of Topliss-reactive ketones (excluding diaryl/α,β-unsaturated/α-hetero) is 1. The molecule has 0 heterocycles. The van der Waals surface area contributed by atoms with Crippen molar-refractivity contribution in [2.75, 3.05) is 13.7 Å². The lowest BCUT2D eigenvalue weighted by atomic mass is 9.92. The van der Waals surface area contributed by atoms with E-state index in [2.05, 4.69) is 4.89 Å². The van der Waals surface area contributed by atoms with Crippen molar-refractivity contribution in [1.29, 1.82) is 0 Å². The second-order valence-corrected chi connectivity index (χ2v) is 6.36. The van der Waals surface area contributed by atoms with Crippen LogP contribution in [0.2, 0.25) is 0 Å². The van der Waals surface area contributed by atoms with Gasteiger partial charge in [-0.3, -0.25) is 4.79 Å². The molecule has 0 bridgehead atoms. The summed E-state index contributed by atoms with van der Waals surface area (Å²) in [5, 5.41) is 0. The van der Waals surface area contributed by atoms with Crippen LogP contribution < -0.4 is 0 Å². The topological polar surface area (TPSA) is 71.1 Å². The molecule has 134 valence electrons. The van der Waals surface area contributed by atoms with Gasteiger partial charge in [0.2, 0.25) is 5.78 Å². The normalized spacial score (nSPS) is 13.6. The third-order valence-corrected chi connectivity index (χ3v) is 4.01. The second kappa shape index (κ2) is 9.78. The van der Waals surface area contributed by atoms with Crippen molar-refractivity contribution < 1.29 is 28.3 Å². The molecular formula is C17H24O6S. The van der Waals surface area contributed by atoms with E-state index in [1.165, 1.54) is 7.11 Å². The summed E-state index contributed by atoms with van der Waals surface area (Å²) in [6.07, 6.45) is 0.281. The van der Waals surface area contributed by atoms with Gasteiger partial charge in [-0.1, -0.05) is 19.1 Å². The largest absolute Gasteiger partial charge is 0.449 e. The van der Waals surface area contributed by atoms with Gasteiger partial charge in [-0.15, -0.1) is 0 Å². The van der Waals surface area contributed by atoms with Gasteiger partial charge in [0.15, 0.2) is 5.60 Å². The quantitative estimate of drug-likeness (QED) is 0.208. The summed E-state index contributed by atoms with van der Waals surface area (Å²) in [5.41, 5.74) is -0.770. The van der Waals surface area contributed by atoms with Crippen LogP contribution in [0.15, 0.2) is 29.2 Å². The fourth-order valence-electron chi connectivity index (χ4n) is 1.83. The van der Waals surface area contributed by atoms with Crippen LogP contribution in [0.25, 0.3) is 0 Å². The van der Waals surface area contributed by atoms with Crippen molar-refractivity contribution in [3.8, 4) is 0 Å². The molecule has 0 aliphatic rings. The molecule has 0 radical (unpaired) electrons. The van der Waals surface area contributed by atoms with E-state index in [4.69, 9.17) is 13.8 Å². The Morgan fingerprint density at radius 2 is 1.83 bits per heavy atom.